The molecular formula is C58H74ClN9O3S2. The number of carbonyl (C=O) groups excluding carboxylic acids is 1. The predicted octanol–water partition coefficient (Wildman–Crippen LogP) is 12.9. The number of halogens is 1. The van der Waals surface area contributed by atoms with Crippen LogP contribution in [0.5, 0.6) is 0 Å². The van der Waals surface area contributed by atoms with Gasteiger partial charge in [-0.15, -0.1) is 54.7 Å². The molecule has 2 saturated heterocycles. The van der Waals surface area contributed by atoms with Crippen LogP contribution >= 0.6 is 34.3 Å². The summed E-state index contributed by atoms with van der Waals surface area (Å²) in [5.74, 6) is 3.66. The van der Waals surface area contributed by atoms with E-state index in [0.717, 1.165) is 97.2 Å². The van der Waals surface area contributed by atoms with E-state index in [4.69, 9.17) is 20.4 Å². The van der Waals surface area contributed by atoms with Crippen molar-refractivity contribution in [3.8, 4) is 22.5 Å². The van der Waals surface area contributed by atoms with Crippen molar-refractivity contribution < 1.29 is 13.6 Å². The van der Waals surface area contributed by atoms with Gasteiger partial charge in [-0.1, -0.05) is 48.2 Å². The zero-order chi connectivity index (χ0) is 51.6. The fourth-order valence-electron chi connectivity index (χ4n) is 10.6. The van der Waals surface area contributed by atoms with E-state index in [-0.39, 0.29) is 10.8 Å². The van der Waals surface area contributed by atoms with Crippen LogP contribution in [0.3, 0.4) is 0 Å². The molecule has 2 N–H and O–H groups in total. The van der Waals surface area contributed by atoms with Crippen LogP contribution in [0.4, 0.5) is 0 Å². The molecule has 0 radical (unpaired) electrons. The van der Waals surface area contributed by atoms with Gasteiger partial charge in [0.25, 0.3) is 0 Å². The number of alkyl halides is 1. The number of fused-ring (bicyclic) bond motifs is 2. The van der Waals surface area contributed by atoms with E-state index in [1.165, 1.54) is 86.1 Å². The smallest absolute Gasteiger partial charge is 0.236 e. The van der Waals surface area contributed by atoms with Crippen molar-refractivity contribution in [1.82, 2.24) is 45.1 Å². The maximum absolute atomic E-state index is 12.7. The van der Waals surface area contributed by atoms with Gasteiger partial charge in [-0.25, -0.2) is 0 Å². The molecule has 0 unspecified atom stereocenters. The highest BCUT2D eigenvalue weighted by Gasteiger charge is 2.35. The number of carbonyl (C=O) groups is 1. The Morgan fingerprint density at radius 2 is 1.04 bits per heavy atom. The normalized spacial score (nSPS) is 15.0. The number of nitrogens with one attached hydrogen (secondary N) is 2. The van der Waals surface area contributed by atoms with Gasteiger partial charge in [-0.05, 0) is 153 Å². The highest BCUT2D eigenvalue weighted by Crippen LogP contribution is 2.44. The fraction of sp³-hybridized carbons (Fsp3) is 0.500. The second-order valence-electron chi connectivity index (χ2n) is 21.6. The average molecular weight is 1040 g/mol. The SMILES string of the molecule is CCCc1nnc(C(C)(C)c2cc3c(CCCl)c(-c4cc(C)cc(C)c4)[nH]c3s2)o1.CCCc1nnc(C(C)(C)c2cc3c(CCN4CCN(CC(=O)N5CCCC5)CC4)c(-c4cc(C)cc(C)c4)[nH]c3s2)o1. The summed E-state index contributed by atoms with van der Waals surface area (Å²) in [6, 6.07) is 18.1. The molecular weight excluding hydrogens is 970 g/mol. The second kappa shape index (κ2) is 22.4. The Morgan fingerprint density at radius 3 is 1.48 bits per heavy atom. The van der Waals surface area contributed by atoms with E-state index >= 15 is 0 Å². The number of aryl methyl sites for hydroxylation is 7. The lowest BCUT2D eigenvalue weighted by atomic mass is 9.90. The zero-order valence-electron chi connectivity index (χ0n) is 44.7. The van der Waals surface area contributed by atoms with Gasteiger partial charge in [-0.3, -0.25) is 9.69 Å². The number of thiophene rings is 2. The van der Waals surface area contributed by atoms with Gasteiger partial charge < -0.3 is 28.6 Å². The summed E-state index contributed by atoms with van der Waals surface area (Å²) in [5.41, 5.74) is 11.9. The maximum atomic E-state index is 12.7. The average Bonchev–Trinajstić information content (AvgIpc) is 4.21. The Bertz CT molecular complexity index is 3130. The molecule has 0 atom stereocenters. The highest BCUT2D eigenvalue weighted by molar-refractivity contribution is 7.19. The molecule has 388 valence electrons. The minimum Gasteiger partial charge on any atom is -0.424 e. The van der Waals surface area contributed by atoms with E-state index in [0.29, 0.717) is 41.9 Å². The Balaban J connectivity index is 0.000000192. The molecule has 10 rings (SSSR count). The molecule has 0 saturated carbocycles. The van der Waals surface area contributed by atoms with Gasteiger partial charge in [0.15, 0.2) is 0 Å². The van der Waals surface area contributed by atoms with Crippen molar-refractivity contribution >= 4 is 60.6 Å². The number of rotatable bonds is 17. The van der Waals surface area contributed by atoms with Crippen LogP contribution in [0.2, 0.25) is 0 Å². The molecule has 0 aliphatic carbocycles. The van der Waals surface area contributed by atoms with Crippen molar-refractivity contribution in [2.24, 2.45) is 0 Å². The number of likely N-dealkylation sites (tertiary alicyclic amines) is 1. The highest BCUT2D eigenvalue weighted by atomic mass is 35.5. The first-order valence-electron chi connectivity index (χ1n) is 26.5. The van der Waals surface area contributed by atoms with Crippen LogP contribution in [0.15, 0.2) is 57.4 Å². The lowest BCUT2D eigenvalue weighted by molar-refractivity contribution is -0.131. The molecule has 8 aromatic rings. The van der Waals surface area contributed by atoms with Crippen LogP contribution in [0.1, 0.15) is 134 Å². The molecule has 8 heterocycles. The number of piperazine rings is 1. The van der Waals surface area contributed by atoms with Gasteiger partial charge in [0.05, 0.1) is 28.8 Å². The summed E-state index contributed by atoms with van der Waals surface area (Å²) in [6.45, 7) is 28.9. The predicted molar refractivity (Wildman–Crippen MR) is 300 cm³/mol. The Labute approximate surface area is 444 Å². The van der Waals surface area contributed by atoms with E-state index in [2.05, 4.69) is 158 Å². The molecule has 73 heavy (non-hydrogen) atoms. The van der Waals surface area contributed by atoms with Crippen molar-refractivity contribution in [2.45, 2.75) is 131 Å². The van der Waals surface area contributed by atoms with E-state index < -0.39 is 0 Å². The summed E-state index contributed by atoms with van der Waals surface area (Å²) < 4.78 is 12.1. The number of benzene rings is 2. The molecule has 6 aromatic heterocycles. The lowest BCUT2D eigenvalue weighted by Crippen LogP contribution is -2.50. The molecule has 0 bridgehead atoms. The molecule has 2 aliphatic rings. The number of aromatic nitrogens is 6. The van der Waals surface area contributed by atoms with Gasteiger partial charge in [0.1, 0.15) is 9.66 Å². The Morgan fingerprint density at radius 1 is 0.603 bits per heavy atom. The first kappa shape index (κ1) is 52.7. The second-order valence-corrected chi connectivity index (χ2v) is 24.0. The Kier molecular flexibility index (Phi) is 16.2. The minimum absolute atomic E-state index is 0.303. The Hall–Kier alpha value is -5.12. The third-order valence-corrected chi connectivity index (χ3v) is 17.6. The first-order chi connectivity index (χ1) is 35.0. The number of hydrogen-bond donors (Lipinski definition) is 2. The van der Waals surface area contributed by atoms with Crippen molar-refractivity contribution in [3.63, 3.8) is 0 Å². The van der Waals surface area contributed by atoms with Crippen LogP contribution < -0.4 is 0 Å². The molecule has 12 nitrogen and oxygen atoms in total. The van der Waals surface area contributed by atoms with Gasteiger partial charge in [0.2, 0.25) is 29.5 Å². The van der Waals surface area contributed by atoms with E-state index in [9.17, 15) is 4.79 Å². The number of nitrogens with zero attached hydrogens (tertiary/aromatic N) is 7. The topological polar surface area (TPSA) is 136 Å². The van der Waals surface area contributed by atoms with Crippen LogP contribution in [0, 0.1) is 27.7 Å². The zero-order valence-corrected chi connectivity index (χ0v) is 47.1. The number of amides is 1. The maximum Gasteiger partial charge on any atom is 0.236 e. The third-order valence-electron chi connectivity index (χ3n) is 14.7. The summed E-state index contributed by atoms with van der Waals surface area (Å²) in [6.07, 6.45) is 7.68. The van der Waals surface area contributed by atoms with Crippen LogP contribution in [-0.4, -0.2) is 109 Å². The molecule has 0 spiro atoms. The molecule has 2 fully saturated rings. The monoisotopic (exact) mass is 1040 g/mol. The first-order valence-corrected chi connectivity index (χ1v) is 28.6. The summed E-state index contributed by atoms with van der Waals surface area (Å²) in [4.78, 5) is 31.9. The van der Waals surface area contributed by atoms with Crippen LogP contribution in [0.25, 0.3) is 42.9 Å². The van der Waals surface area contributed by atoms with Crippen LogP contribution in [-0.2, 0) is 41.3 Å². The standard InChI is InChI=1S/C34H46N6O2S.C24H28ClN3OS/c1-6-9-29-36-37-33(42-29)34(4,5)28-21-27-26(31(35-32(27)43-28)25-19-23(2)18-24(3)20-25)10-13-38-14-16-39(17-15-38)22-30(41)40-11-7-8-12-40;1-6-7-20-27-28-23(29-20)24(4,5)19-13-18-17(8-9-25)21(26-22(18)30-19)16-11-14(2)10-15(3)12-16/h18-21,35H,6-17,22H2,1-5H3;10-13,26H,6-9H2,1-5H3. The largest absolute Gasteiger partial charge is 0.424 e. The lowest BCUT2D eigenvalue weighted by Gasteiger charge is -2.35. The molecule has 1 amide bonds. The summed E-state index contributed by atoms with van der Waals surface area (Å²) in [5, 5.41) is 19.8. The van der Waals surface area contributed by atoms with Crippen molar-refractivity contribution in [1.29, 1.82) is 0 Å². The number of H-pyrrole nitrogens is 2. The summed E-state index contributed by atoms with van der Waals surface area (Å²) in [7, 11) is 0. The molecule has 2 aliphatic heterocycles. The van der Waals surface area contributed by atoms with E-state index in [1.807, 2.05) is 4.90 Å². The summed E-state index contributed by atoms with van der Waals surface area (Å²) >= 11 is 9.75. The van der Waals surface area contributed by atoms with Gasteiger partial charge in [-0.2, -0.15) is 0 Å². The van der Waals surface area contributed by atoms with Crippen molar-refractivity contribution in [2.75, 3.05) is 58.2 Å². The fourth-order valence-corrected chi connectivity index (χ4v) is 13.1. The molecule has 2 aromatic carbocycles. The number of aromatic amines is 2. The van der Waals surface area contributed by atoms with E-state index in [1.54, 1.807) is 22.7 Å². The molecule has 15 heteroatoms. The third kappa shape index (κ3) is 11.6. The van der Waals surface area contributed by atoms with Crippen molar-refractivity contribution in [3.05, 3.63) is 115 Å². The quantitative estimate of drug-likeness (QED) is 0.0854. The van der Waals surface area contributed by atoms with Gasteiger partial charge in [0, 0.05) is 85.1 Å². The minimum atomic E-state index is -0.371. The number of hydrogen-bond acceptors (Lipinski definition) is 11. The van der Waals surface area contributed by atoms with Gasteiger partial charge >= 0.3 is 0 Å².